The van der Waals surface area contributed by atoms with Gasteiger partial charge in [0.05, 0.1) is 12.2 Å². The van der Waals surface area contributed by atoms with Crippen molar-refractivity contribution in [3.63, 3.8) is 0 Å². The molecule has 0 bridgehead atoms. The summed E-state index contributed by atoms with van der Waals surface area (Å²) in [6, 6.07) is 0. The van der Waals surface area contributed by atoms with Crippen LogP contribution < -0.4 is 0 Å². The van der Waals surface area contributed by atoms with E-state index >= 15 is 0 Å². The van der Waals surface area contributed by atoms with Crippen LogP contribution in [0.5, 0.6) is 0 Å². The zero-order valence-electron chi connectivity index (χ0n) is 13.6. The monoisotopic (exact) mass is 414 g/mol. The van der Waals surface area contributed by atoms with Crippen LogP contribution in [0.25, 0.3) is 0 Å². The van der Waals surface area contributed by atoms with Crippen molar-refractivity contribution in [3.05, 3.63) is 9.66 Å². The quantitative estimate of drug-likeness (QED) is 0.469. The molecular formula is C19H27IO2. The van der Waals surface area contributed by atoms with Gasteiger partial charge >= 0.3 is 0 Å². The van der Waals surface area contributed by atoms with Gasteiger partial charge in [0.2, 0.25) is 0 Å². The van der Waals surface area contributed by atoms with E-state index in [2.05, 4.69) is 42.5 Å². The van der Waals surface area contributed by atoms with Gasteiger partial charge < -0.3 is 9.84 Å². The molecule has 8 atom stereocenters. The van der Waals surface area contributed by atoms with E-state index in [9.17, 15) is 5.11 Å². The SMILES string of the molecule is C[C@]12CC[C@H]3[C@@H](C[C@H]4O[C@]45C[C@@H](O)CC[C@]35C)[C@@H]1CC=C2I. The lowest BCUT2D eigenvalue weighted by Crippen LogP contribution is -2.58. The van der Waals surface area contributed by atoms with Gasteiger partial charge in [-0.3, -0.25) is 0 Å². The van der Waals surface area contributed by atoms with Gasteiger partial charge in [-0.15, -0.1) is 0 Å². The predicted molar refractivity (Wildman–Crippen MR) is 94.7 cm³/mol. The predicted octanol–water partition coefficient (Wildman–Crippen LogP) is 4.45. The first-order valence-electron chi connectivity index (χ1n) is 9.13. The third-order valence-corrected chi connectivity index (χ3v) is 10.2. The number of halogens is 1. The van der Waals surface area contributed by atoms with Crippen LogP contribution in [0.1, 0.15) is 58.8 Å². The van der Waals surface area contributed by atoms with Gasteiger partial charge in [0.1, 0.15) is 5.60 Å². The molecule has 1 spiro atoms. The van der Waals surface area contributed by atoms with E-state index in [1.54, 1.807) is 3.58 Å². The average Bonchev–Trinajstić information content (AvgIpc) is 3.08. The lowest BCUT2D eigenvalue weighted by atomic mass is 9.45. The van der Waals surface area contributed by atoms with E-state index in [-0.39, 0.29) is 11.7 Å². The van der Waals surface area contributed by atoms with Crippen LogP contribution in [-0.2, 0) is 4.74 Å². The maximum Gasteiger partial charge on any atom is 0.103 e. The molecule has 0 aromatic carbocycles. The lowest BCUT2D eigenvalue weighted by molar-refractivity contribution is -0.103. The third kappa shape index (κ3) is 1.55. The first kappa shape index (κ1) is 14.7. The molecule has 5 rings (SSSR count). The second-order valence-corrected chi connectivity index (χ2v) is 10.3. The van der Waals surface area contributed by atoms with Crippen molar-refractivity contribution >= 4 is 22.6 Å². The third-order valence-electron chi connectivity index (χ3n) is 8.55. The fourth-order valence-electron chi connectivity index (χ4n) is 7.17. The number of hydrogen-bond acceptors (Lipinski definition) is 2. The summed E-state index contributed by atoms with van der Waals surface area (Å²) in [6.45, 7) is 5.02. The van der Waals surface area contributed by atoms with Crippen molar-refractivity contribution in [1.29, 1.82) is 0 Å². The van der Waals surface area contributed by atoms with Crippen LogP contribution in [0, 0.1) is 28.6 Å². The fourth-order valence-corrected chi connectivity index (χ4v) is 8.10. The number of ether oxygens (including phenoxy) is 1. The zero-order chi connectivity index (χ0) is 15.3. The van der Waals surface area contributed by atoms with E-state index in [4.69, 9.17) is 4.74 Å². The minimum atomic E-state index is -0.127. The molecule has 22 heavy (non-hydrogen) atoms. The molecule has 1 saturated heterocycles. The smallest absolute Gasteiger partial charge is 0.103 e. The Labute approximate surface area is 147 Å². The fraction of sp³-hybridized carbons (Fsp3) is 0.895. The standard InChI is InChI=1S/C19H27IO2/c1-17-7-6-14-12(13(17)3-4-15(17)20)9-16-19(22-16)10-11(21)5-8-18(14,19)2/h4,11-14,16,21H,3,5-10H2,1-2H3/t11-,12-,13-,14-,16+,17-,18+,19+/m0/s1. The van der Waals surface area contributed by atoms with Gasteiger partial charge in [-0.25, -0.2) is 0 Å². The number of allylic oxidation sites excluding steroid dienone is 2. The summed E-state index contributed by atoms with van der Waals surface area (Å²) in [5, 5.41) is 10.2. The minimum Gasteiger partial charge on any atom is -0.393 e. The molecule has 2 nitrogen and oxygen atoms in total. The van der Waals surface area contributed by atoms with E-state index < -0.39 is 0 Å². The molecule has 1 N–H and O–H groups in total. The van der Waals surface area contributed by atoms with E-state index in [1.807, 2.05) is 0 Å². The molecule has 0 aromatic rings. The molecule has 4 aliphatic carbocycles. The van der Waals surface area contributed by atoms with E-state index in [0.29, 0.717) is 16.9 Å². The molecule has 0 radical (unpaired) electrons. The summed E-state index contributed by atoms with van der Waals surface area (Å²) in [4.78, 5) is 0. The van der Waals surface area contributed by atoms with Gasteiger partial charge in [0.25, 0.3) is 0 Å². The molecule has 0 aromatic heterocycles. The summed E-state index contributed by atoms with van der Waals surface area (Å²) >= 11 is 2.60. The number of rotatable bonds is 0. The van der Waals surface area contributed by atoms with Crippen LogP contribution in [-0.4, -0.2) is 22.9 Å². The summed E-state index contributed by atoms with van der Waals surface area (Å²) in [7, 11) is 0. The molecule has 1 aliphatic heterocycles. The van der Waals surface area contributed by atoms with Gasteiger partial charge in [-0.1, -0.05) is 19.9 Å². The lowest BCUT2D eigenvalue weighted by Gasteiger charge is -2.58. The van der Waals surface area contributed by atoms with Crippen molar-refractivity contribution in [2.24, 2.45) is 28.6 Å². The molecule has 0 amide bonds. The molecule has 122 valence electrons. The summed E-state index contributed by atoms with van der Waals surface area (Å²) < 4.78 is 7.98. The van der Waals surface area contributed by atoms with Crippen molar-refractivity contribution in [2.75, 3.05) is 0 Å². The van der Waals surface area contributed by atoms with Crippen LogP contribution in [0.4, 0.5) is 0 Å². The van der Waals surface area contributed by atoms with Crippen molar-refractivity contribution < 1.29 is 9.84 Å². The molecule has 0 unspecified atom stereocenters. The Balaban J connectivity index is 1.52. The second kappa shape index (κ2) is 4.32. The Morgan fingerprint density at radius 3 is 2.86 bits per heavy atom. The largest absolute Gasteiger partial charge is 0.393 e. The minimum absolute atomic E-state index is 0.0404. The maximum absolute atomic E-state index is 10.2. The van der Waals surface area contributed by atoms with Crippen molar-refractivity contribution in [1.82, 2.24) is 0 Å². The molecule has 3 saturated carbocycles. The van der Waals surface area contributed by atoms with Crippen molar-refractivity contribution in [2.45, 2.75) is 76.6 Å². The number of hydrogen-bond donors (Lipinski definition) is 1. The molecular weight excluding hydrogens is 387 g/mol. The molecule has 5 aliphatic rings. The molecule has 1 heterocycles. The highest BCUT2D eigenvalue weighted by atomic mass is 127. The summed E-state index contributed by atoms with van der Waals surface area (Å²) in [5.41, 5.74) is 0.801. The topological polar surface area (TPSA) is 32.8 Å². The first-order valence-corrected chi connectivity index (χ1v) is 10.2. The van der Waals surface area contributed by atoms with Gasteiger partial charge in [0.15, 0.2) is 0 Å². The number of epoxide rings is 1. The van der Waals surface area contributed by atoms with Crippen molar-refractivity contribution in [3.8, 4) is 0 Å². The van der Waals surface area contributed by atoms with Crippen LogP contribution >= 0.6 is 22.6 Å². The Hall–Kier alpha value is 0.390. The Kier molecular flexibility index (Phi) is 2.89. The second-order valence-electron chi connectivity index (χ2n) is 9.17. The molecule has 4 fully saturated rings. The average molecular weight is 414 g/mol. The first-order chi connectivity index (χ1) is 10.4. The van der Waals surface area contributed by atoms with Crippen LogP contribution in [0.15, 0.2) is 9.66 Å². The van der Waals surface area contributed by atoms with E-state index in [0.717, 1.165) is 30.6 Å². The van der Waals surface area contributed by atoms with Gasteiger partial charge in [0, 0.05) is 17.3 Å². The van der Waals surface area contributed by atoms with Crippen LogP contribution in [0.2, 0.25) is 0 Å². The van der Waals surface area contributed by atoms with Crippen LogP contribution in [0.3, 0.4) is 0 Å². The summed E-state index contributed by atoms with van der Waals surface area (Å²) in [5.74, 6) is 2.49. The Morgan fingerprint density at radius 2 is 2.05 bits per heavy atom. The highest BCUT2D eigenvalue weighted by Gasteiger charge is 2.75. The number of fused-ring (bicyclic) bond motifs is 4. The van der Waals surface area contributed by atoms with Gasteiger partial charge in [-0.2, -0.15) is 0 Å². The highest BCUT2D eigenvalue weighted by molar-refractivity contribution is 14.1. The van der Waals surface area contributed by atoms with Gasteiger partial charge in [-0.05, 0) is 82.4 Å². The number of aliphatic hydroxyl groups excluding tert-OH is 1. The maximum atomic E-state index is 10.2. The number of aliphatic hydroxyl groups is 1. The summed E-state index contributed by atoms with van der Waals surface area (Å²) in [6.07, 6.45) is 11.1. The van der Waals surface area contributed by atoms with E-state index in [1.165, 1.54) is 32.1 Å². The Bertz CT molecular complexity index is 560. The molecule has 3 heteroatoms. The highest BCUT2D eigenvalue weighted by Crippen LogP contribution is 2.73. The zero-order valence-corrected chi connectivity index (χ0v) is 15.8. The Morgan fingerprint density at radius 1 is 1.23 bits per heavy atom. The normalized spacial score (nSPS) is 62.4.